The number of carbonyl (C=O) groups is 1. The van der Waals surface area contributed by atoms with Gasteiger partial charge in [0.05, 0.1) is 23.3 Å². The number of nitrogens with zero attached hydrogens (tertiary/aromatic N) is 3. The molecule has 0 radical (unpaired) electrons. The minimum atomic E-state index is -0.131. The molecule has 2 aromatic rings. The lowest BCUT2D eigenvalue weighted by molar-refractivity contribution is 0.0787. The zero-order valence-corrected chi connectivity index (χ0v) is 11.1. The summed E-state index contributed by atoms with van der Waals surface area (Å²) in [6.45, 7) is 2.46. The van der Waals surface area contributed by atoms with E-state index >= 15 is 0 Å². The number of nitrogen functional groups attached to an aromatic ring is 1. The highest BCUT2D eigenvalue weighted by atomic mass is 32.1. The third kappa shape index (κ3) is 2.48. The molecular weight excluding hydrogens is 248 g/mol. The van der Waals surface area contributed by atoms with Gasteiger partial charge in [-0.1, -0.05) is 0 Å². The van der Waals surface area contributed by atoms with E-state index in [0.717, 1.165) is 10.6 Å². The fourth-order valence-corrected chi connectivity index (χ4v) is 2.38. The van der Waals surface area contributed by atoms with E-state index in [1.54, 1.807) is 41.1 Å². The molecule has 5 nitrogen and oxygen atoms in total. The van der Waals surface area contributed by atoms with Crippen LogP contribution in [0.3, 0.4) is 0 Å². The van der Waals surface area contributed by atoms with Gasteiger partial charge >= 0.3 is 0 Å². The van der Waals surface area contributed by atoms with E-state index in [9.17, 15) is 4.79 Å². The molecule has 0 fully saturated rings. The summed E-state index contributed by atoms with van der Waals surface area (Å²) < 4.78 is 0. The lowest BCUT2D eigenvalue weighted by Gasteiger charge is -2.17. The van der Waals surface area contributed by atoms with Crippen LogP contribution in [0.5, 0.6) is 0 Å². The van der Waals surface area contributed by atoms with Crippen LogP contribution >= 0.6 is 11.3 Å². The first-order chi connectivity index (χ1) is 8.59. The largest absolute Gasteiger partial charge is 0.398 e. The van der Waals surface area contributed by atoms with E-state index in [-0.39, 0.29) is 5.91 Å². The number of carbonyl (C=O) groups excluding carboxylic acids is 1. The van der Waals surface area contributed by atoms with Crippen LogP contribution in [0, 0.1) is 6.92 Å². The molecule has 0 aliphatic carbocycles. The monoisotopic (exact) mass is 262 g/mol. The van der Waals surface area contributed by atoms with Gasteiger partial charge in [-0.25, -0.2) is 4.98 Å². The molecule has 18 heavy (non-hydrogen) atoms. The fourth-order valence-electron chi connectivity index (χ4n) is 1.55. The zero-order chi connectivity index (χ0) is 13.1. The fraction of sp³-hybridized carbons (Fsp3) is 0.250. The maximum atomic E-state index is 12.2. The Bertz CT molecular complexity index is 567. The summed E-state index contributed by atoms with van der Waals surface area (Å²) >= 11 is 1.54. The Hall–Kier alpha value is -1.95. The Balaban J connectivity index is 2.15. The number of thiazole rings is 1. The molecular formula is C12H14N4OS. The molecule has 0 spiro atoms. The number of nitrogens with two attached hydrogens (primary N) is 1. The van der Waals surface area contributed by atoms with Crippen LogP contribution in [-0.4, -0.2) is 27.8 Å². The van der Waals surface area contributed by atoms with Gasteiger partial charge in [-0.05, 0) is 13.0 Å². The number of rotatable bonds is 3. The van der Waals surface area contributed by atoms with Crippen molar-refractivity contribution in [1.29, 1.82) is 0 Å². The molecule has 0 saturated carbocycles. The molecule has 0 atom stereocenters. The number of anilines is 1. The number of amides is 1. The second-order valence-electron chi connectivity index (χ2n) is 3.99. The maximum absolute atomic E-state index is 12.2. The van der Waals surface area contributed by atoms with Crippen LogP contribution in [-0.2, 0) is 6.54 Å². The van der Waals surface area contributed by atoms with Crippen molar-refractivity contribution in [1.82, 2.24) is 14.9 Å². The number of hydrogen-bond donors (Lipinski definition) is 1. The third-order valence-corrected chi connectivity index (χ3v) is 3.58. The summed E-state index contributed by atoms with van der Waals surface area (Å²) in [6, 6.07) is 1.62. The molecule has 0 unspecified atom stereocenters. The normalized spacial score (nSPS) is 10.3. The Morgan fingerprint density at radius 1 is 1.56 bits per heavy atom. The van der Waals surface area contributed by atoms with Crippen LogP contribution in [0.4, 0.5) is 5.69 Å². The van der Waals surface area contributed by atoms with Crippen molar-refractivity contribution in [3.8, 4) is 0 Å². The SMILES string of the molecule is Cc1ncsc1CN(C)C(=O)c1cnccc1N. The molecule has 6 heteroatoms. The van der Waals surface area contributed by atoms with Crippen molar-refractivity contribution >= 4 is 22.9 Å². The first kappa shape index (κ1) is 12.5. The summed E-state index contributed by atoms with van der Waals surface area (Å²) in [4.78, 5) is 23.0. The highest BCUT2D eigenvalue weighted by Crippen LogP contribution is 2.17. The molecule has 2 N–H and O–H groups in total. The average Bonchev–Trinajstić information content (AvgIpc) is 2.75. The summed E-state index contributed by atoms with van der Waals surface area (Å²) in [6.07, 6.45) is 3.06. The summed E-state index contributed by atoms with van der Waals surface area (Å²) in [5.41, 5.74) is 9.38. The second kappa shape index (κ2) is 5.14. The predicted octanol–water partition coefficient (Wildman–Crippen LogP) is 1.70. The van der Waals surface area contributed by atoms with Gasteiger partial charge < -0.3 is 10.6 Å². The Labute approximate surface area is 109 Å². The summed E-state index contributed by atoms with van der Waals surface area (Å²) in [5.74, 6) is -0.131. The predicted molar refractivity (Wildman–Crippen MR) is 71.3 cm³/mol. The van der Waals surface area contributed by atoms with E-state index in [2.05, 4.69) is 9.97 Å². The number of hydrogen-bond acceptors (Lipinski definition) is 5. The number of aromatic nitrogens is 2. The van der Waals surface area contributed by atoms with Gasteiger partial charge in [-0.2, -0.15) is 0 Å². The minimum absolute atomic E-state index is 0.131. The van der Waals surface area contributed by atoms with Gasteiger partial charge in [0.1, 0.15) is 0 Å². The van der Waals surface area contributed by atoms with Crippen molar-refractivity contribution in [2.45, 2.75) is 13.5 Å². The van der Waals surface area contributed by atoms with Crippen molar-refractivity contribution in [2.75, 3.05) is 12.8 Å². The quantitative estimate of drug-likeness (QED) is 0.913. The molecule has 2 rings (SSSR count). The molecule has 2 aromatic heterocycles. The third-order valence-electron chi connectivity index (χ3n) is 2.66. The zero-order valence-electron chi connectivity index (χ0n) is 10.3. The molecule has 1 amide bonds. The number of aryl methyl sites for hydroxylation is 1. The van der Waals surface area contributed by atoms with Crippen LogP contribution < -0.4 is 5.73 Å². The standard InChI is InChI=1S/C12H14N4OS/c1-8-11(18-7-15-8)6-16(2)12(17)9-5-14-4-3-10(9)13/h3-5,7H,6H2,1-2H3,(H2,13,14). The average molecular weight is 262 g/mol. The van der Waals surface area contributed by atoms with Crippen molar-refractivity contribution in [3.05, 3.63) is 40.1 Å². The molecule has 2 heterocycles. The number of pyridine rings is 1. The lowest BCUT2D eigenvalue weighted by Crippen LogP contribution is -2.27. The van der Waals surface area contributed by atoms with E-state index in [4.69, 9.17) is 5.73 Å². The van der Waals surface area contributed by atoms with Crippen LogP contribution in [0.2, 0.25) is 0 Å². The Kier molecular flexibility index (Phi) is 3.57. The van der Waals surface area contributed by atoms with Crippen molar-refractivity contribution < 1.29 is 4.79 Å². The minimum Gasteiger partial charge on any atom is -0.398 e. The summed E-state index contributed by atoms with van der Waals surface area (Å²) in [7, 11) is 1.74. The highest BCUT2D eigenvalue weighted by molar-refractivity contribution is 7.09. The second-order valence-corrected chi connectivity index (χ2v) is 4.92. The van der Waals surface area contributed by atoms with E-state index in [0.29, 0.717) is 17.8 Å². The van der Waals surface area contributed by atoms with Crippen LogP contribution in [0.15, 0.2) is 24.0 Å². The maximum Gasteiger partial charge on any atom is 0.257 e. The van der Waals surface area contributed by atoms with Gasteiger partial charge in [-0.15, -0.1) is 11.3 Å². The first-order valence-electron chi connectivity index (χ1n) is 5.43. The van der Waals surface area contributed by atoms with E-state index in [1.165, 1.54) is 6.20 Å². The van der Waals surface area contributed by atoms with Gasteiger partial charge in [0.15, 0.2) is 0 Å². The van der Waals surface area contributed by atoms with Crippen molar-refractivity contribution in [2.24, 2.45) is 0 Å². The van der Waals surface area contributed by atoms with Gasteiger partial charge in [0.25, 0.3) is 5.91 Å². The Morgan fingerprint density at radius 2 is 2.33 bits per heavy atom. The molecule has 0 aliphatic rings. The molecule has 0 aliphatic heterocycles. The Morgan fingerprint density at radius 3 is 2.94 bits per heavy atom. The van der Waals surface area contributed by atoms with Crippen LogP contribution in [0.1, 0.15) is 20.9 Å². The molecule has 0 saturated heterocycles. The van der Waals surface area contributed by atoms with Crippen molar-refractivity contribution in [3.63, 3.8) is 0 Å². The molecule has 0 bridgehead atoms. The molecule has 0 aromatic carbocycles. The van der Waals surface area contributed by atoms with Gasteiger partial charge in [0, 0.05) is 30.0 Å². The lowest BCUT2D eigenvalue weighted by atomic mass is 10.2. The molecule has 94 valence electrons. The van der Waals surface area contributed by atoms with Crippen LogP contribution in [0.25, 0.3) is 0 Å². The summed E-state index contributed by atoms with van der Waals surface area (Å²) in [5, 5.41) is 0. The van der Waals surface area contributed by atoms with E-state index in [1.807, 2.05) is 6.92 Å². The van der Waals surface area contributed by atoms with Gasteiger partial charge in [-0.3, -0.25) is 9.78 Å². The highest BCUT2D eigenvalue weighted by Gasteiger charge is 2.16. The first-order valence-corrected chi connectivity index (χ1v) is 6.31. The topological polar surface area (TPSA) is 72.1 Å². The van der Waals surface area contributed by atoms with Gasteiger partial charge in [0.2, 0.25) is 0 Å². The smallest absolute Gasteiger partial charge is 0.257 e. The van der Waals surface area contributed by atoms with E-state index < -0.39 is 0 Å².